The van der Waals surface area contributed by atoms with Gasteiger partial charge in [-0.2, -0.15) is 0 Å². The number of hydrogen-bond donors (Lipinski definition) is 1. The SMILES string of the molecule is CCCC(Cn1ccc(C)cc1=O)NC. The second-order valence-electron chi connectivity index (χ2n) is 3.97. The molecular weight excluding hydrogens is 188 g/mol. The maximum atomic E-state index is 11.6. The maximum absolute atomic E-state index is 11.6. The van der Waals surface area contributed by atoms with Gasteiger partial charge in [-0.05, 0) is 32.0 Å². The smallest absolute Gasteiger partial charge is 0.250 e. The van der Waals surface area contributed by atoms with Crippen LogP contribution in [0.25, 0.3) is 0 Å². The van der Waals surface area contributed by atoms with Gasteiger partial charge in [0.05, 0.1) is 0 Å². The van der Waals surface area contributed by atoms with Crippen LogP contribution in [-0.4, -0.2) is 17.7 Å². The Morgan fingerprint density at radius 2 is 2.27 bits per heavy atom. The average Bonchev–Trinajstić information content (AvgIpc) is 2.21. The van der Waals surface area contributed by atoms with E-state index in [0.29, 0.717) is 6.04 Å². The van der Waals surface area contributed by atoms with E-state index in [-0.39, 0.29) is 5.56 Å². The Morgan fingerprint density at radius 1 is 1.53 bits per heavy atom. The number of nitrogens with zero attached hydrogens (tertiary/aromatic N) is 1. The molecule has 1 heterocycles. The normalized spacial score (nSPS) is 12.7. The Hall–Kier alpha value is -1.09. The lowest BCUT2D eigenvalue weighted by Crippen LogP contribution is -2.34. The van der Waals surface area contributed by atoms with E-state index >= 15 is 0 Å². The number of nitrogens with one attached hydrogen (secondary N) is 1. The molecule has 0 aliphatic heterocycles. The van der Waals surface area contributed by atoms with Crippen molar-refractivity contribution in [1.29, 1.82) is 0 Å². The third-order valence-corrected chi connectivity index (χ3v) is 2.61. The Kier molecular flexibility index (Phi) is 4.56. The van der Waals surface area contributed by atoms with E-state index in [1.165, 1.54) is 0 Å². The van der Waals surface area contributed by atoms with Crippen molar-refractivity contribution in [1.82, 2.24) is 9.88 Å². The van der Waals surface area contributed by atoms with Crippen LogP contribution in [0.2, 0.25) is 0 Å². The number of aromatic nitrogens is 1. The van der Waals surface area contributed by atoms with Crippen LogP contribution >= 0.6 is 0 Å². The van der Waals surface area contributed by atoms with Gasteiger partial charge in [-0.25, -0.2) is 0 Å². The molecule has 84 valence electrons. The van der Waals surface area contributed by atoms with E-state index in [4.69, 9.17) is 0 Å². The lowest BCUT2D eigenvalue weighted by molar-refractivity contribution is 0.442. The first-order valence-electron chi connectivity index (χ1n) is 5.51. The minimum atomic E-state index is 0.0892. The number of hydrogen-bond acceptors (Lipinski definition) is 2. The third-order valence-electron chi connectivity index (χ3n) is 2.61. The second-order valence-corrected chi connectivity index (χ2v) is 3.97. The van der Waals surface area contributed by atoms with Crippen LogP contribution in [0.15, 0.2) is 23.1 Å². The van der Waals surface area contributed by atoms with Crippen molar-refractivity contribution in [2.75, 3.05) is 7.05 Å². The number of likely N-dealkylation sites (N-methyl/N-ethyl adjacent to an activating group) is 1. The van der Waals surface area contributed by atoms with Crippen molar-refractivity contribution in [2.45, 2.75) is 39.3 Å². The van der Waals surface area contributed by atoms with Gasteiger partial charge in [-0.15, -0.1) is 0 Å². The summed E-state index contributed by atoms with van der Waals surface area (Å²) in [5.41, 5.74) is 1.11. The predicted molar refractivity (Wildman–Crippen MR) is 63.2 cm³/mol. The van der Waals surface area contributed by atoms with Crippen LogP contribution in [0.4, 0.5) is 0 Å². The molecule has 1 aromatic rings. The van der Waals surface area contributed by atoms with E-state index < -0.39 is 0 Å². The Morgan fingerprint density at radius 3 is 2.80 bits per heavy atom. The minimum Gasteiger partial charge on any atom is -0.315 e. The lowest BCUT2D eigenvalue weighted by atomic mass is 10.1. The zero-order chi connectivity index (χ0) is 11.3. The summed E-state index contributed by atoms with van der Waals surface area (Å²) in [6.45, 7) is 4.85. The highest BCUT2D eigenvalue weighted by Crippen LogP contribution is 1.99. The molecule has 0 fully saturated rings. The molecular formula is C12H20N2O. The van der Waals surface area contributed by atoms with Crippen LogP contribution in [0.3, 0.4) is 0 Å². The fourth-order valence-corrected chi connectivity index (χ4v) is 1.67. The van der Waals surface area contributed by atoms with Crippen molar-refractivity contribution in [2.24, 2.45) is 0 Å². The summed E-state index contributed by atoms with van der Waals surface area (Å²) in [7, 11) is 1.94. The highest BCUT2D eigenvalue weighted by molar-refractivity contribution is 5.08. The van der Waals surface area contributed by atoms with Gasteiger partial charge in [0.2, 0.25) is 0 Å². The summed E-state index contributed by atoms with van der Waals surface area (Å²) in [4.78, 5) is 11.6. The molecule has 0 aliphatic rings. The predicted octanol–water partition coefficient (Wildman–Crippen LogP) is 1.54. The summed E-state index contributed by atoms with van der Waals surface area (Å²) < 4.78 is 1.77. The molecule has 15 heavy (non-hydrogen) atoms. The fraction of sp³-hybridized carbons (Fsp3) is 0.583. The minimum absolute atomic E-state index is 0.0892. The van der Waals surface area contributed by atoms with Gasteiger partial charge in [-0.1, -0.05) is 13.3 Å². The van der Waals surface area contributed by atoms with E-state index in [2.05, 4.69) is 12.2 Å². The van der Waals surface area contributed by atoms with Crippen molar-refractivity contribution >= 4 is 0 Å². The van der Waals surface area contributed by atoms with Gasteiger partial charge in [0.25, 0.3) is 5.56 Å². The molecule has 0 saturated heterocycles. The summed E-state index contributed by atoms with van der Waals surface area (Å²) in [6.07, 6.45) is 4.10. The Bertz CT molecular complexity index is 357. The first kappa shape index (κ1) is 12.0. The van der Waals surface area contributed by atoms with Crippen LogP contribution < -0.4 is 10.9 Å². The Labute approximate surface area is 91.1 Å². The zero-order valence-corrected chi connectivity index (χ0v) is 9.79. The first-order valence-corrected chi connectivity index (χ1v) is 5.51. The number of rotatable bonds is 5. The molecule has 1 aromatic heterocycles. The summed E-state index contributed by atoms with van der Waals surface area (Å²) >= 11 is 0. The van der Waals surface area contributed by atoms with Gasteiger partial charge in [0.1, 0.15) is 0 Å². The molecule has 0 radical (unpaired) electrons. The molecule has 1 rings (SSSR count). The summed E-state index contributed by atoms with van der Waals surface area (Å²) in [5.74, 6) is 0. The quantitative estimate of drug-likeness (QED) is 0.796. The number of aryl methyl sites for hydroxylation is 1. The average molecular weight is 208 g/mol. The van der Waals surface area contributed by atoms with Gasteiger partial charge in [0.15, 0.2) is 0 Å². The highest BCUT2D eigenvalue weighted by atomic mass is 16.1. The van der Waals surface area contributed by atoms with Crippen molar-refractivity contribution in [3.8, 4) is 0 Å². The van der Waals surface area contributed by atoms with Crippen LogP contribution in [0, 0.1) is 6.92 Å². The molecule has 0 saturated carbocycles. The van der Waals surface area contributed by atoms with Crippen LogP contribution in [0.1, 0.15) is 25.3 Å². The summed E-state index contributed by atoms with van der Waals surface area (Å²) in [5, 5.41) is 3.23. The first-order chi connectivity index (χ1) is 7.17. The fourth-order valence-electron chi connectivity index (χ4n) is 1.67. The van der Waals surface area contributed by atoms with Crippen molar-refractivity contribution in [3.63, 3.8) is 0 Å². The van der Waals surface area contributed by atoms with Crippen LogP contribution in [-0.2, 0) is 6.54 Å². The molecule has 3 nitrogen and oxygen atoms in total. The highest BCUT2D eigenvalue weighted by Gasteiger charge is 2.06. The molecule has 1 atom stereocenters. The lowest BCUT2D eigenvalue weighted by Gasteiger charge is -2.16. The largest absolute Gasteiger partial charge is 0.315 e. The standard InChI is InChI=1S/C12H20N2O/c1-4-5-11(13-3)9-14-7-6-10(2)8-12(14)15/h6-8,11,13H,4-5,9H2,1-3H3. The number of pyridine rings is 1. The van der Waals surface area contributed by atoms with Crippen molar-refractivity contribution < 1.29 is 0 Å². The van der Waals surface area contributed by atoms with E-state index in [0.717, 1.165) is 24.9 Å². The molecule has 1 unspecified atom stereocenters. The third kappa shape index (κ3) is 3.51. The van der Waals surface area contributed by atoms with Crippen LogP contribution in [0.5, 0.6) is 0 Å². The van der Waals surface area contributed by atoms with Gasteiger partial charge < -0.3 is 9.88 Å². The molecule has 0 bridgehead atoms. The molecule has 0 aliphatic carbocycles. The zero-order valence-electron chi connectivity index (χ0n) is 9.79. The van der Waals surface area contributed by atoms with Gasteiger partial charge in [0, 0.05) is 24.8 Å². The van der Waals surface area contributed by atoms with Gasteiger partial charge >= 0.3 is 0 Å². The molecule has 0 spiro atoms. The molecule has 1 N–H and O–H groups in total. The van der Waals surface area contributed by atoms with E-state index in [1.54, 1.807) is 10.6 Å². The summed E-state index contributed by atoms with van der Waals surface area (Å²) in [6, 6.07) is 4.04. The second kappa shape index (κ2) is 5.71. The van der Waals surface area contributed by atoms with E-state index in [1.807, 2.05) is 26.2 Å². The topological polar surface area (TPSA) is 34.0 Å². The molecule has 3 heteroatoms. The van der Waals surface area contributed by atoms with E-state index in [9.17, 15) is 4.79 Å². The molecule has 0 aromatic carbocycles. The monoisotopic (exact) mass is 208 g/mol. The maximum Gasteiger partial charge on any atom is 0.250 e. The van der Waals surface area contributed by atoms with Gasteiger partial charge in [-0.3, -0.25) is 4.79 Å². The van der Waals surface area contributed by atoms with Crippen molar-refractivity contribution in [3.05, 3.63) is 34.2 Å². The Balaban J connectivity index is 2.75. The molecule has 0 amide bonds.